The molecule has 0 atom stereocenters. The molecule has 0 unspecified atom stereocenters. The highest BCUT2D eigenvalue weighted by Crippen LogP contribution is 2.29. The number of benzene rings is 1. The molecular weight excluding hydrogens is 418 g/mol. The summed E-state index contributed by atoms with van der Waals surface area (Å²) in [5.74, 6) is 1.21. The number of aromatic nitrogens is 3. The average Bonchev–Trinajstić information content (AvgIpc) is 2.80. The molecule has 2 aromatic heterocycles. The zero-order valence-corrected chi connectivity index (χ0v) is 17.8. The molecule has 3 heterocycles. The van der Waals surface area contributed by atoms with Crippen molar-refractivity contribution in [2.45, 2.75) is 6.61 Å². The Kier molecular flexibility index (Phi) is 7.49. The van der Waals surface area contributed by atoms with Gasteiger partial charge in [0, 0.05) is 37.7 Å². The van der Waals surface area contributed by atoms with Crippen molar-refractivity contribution in [1.29, 1.82) is 0 Å². The largest absolute Gasteiger partial charge is 0.486 e. The smallest absolute Gasteiger partial charge is 0.318 e. The maximum atomic E-state index is 6.38. The van der Waals surface area contributed by atoms with E-state index in [1.807, 2.05) is 30.3 Å². The molecule has 0 aliphatic carbocycles. The van der Waals surface area contributed by atoms with Gasteiger partial charge in [0.1, 0.15) is 24.8 Å². The molecule has 0 saturated carbocycles. The van der Waals surface area contributed by atoms with Gasteiger partial charge in [-0.1, -0.05) is 17.7 Å². The SMILES string of the molecule is Clc1cc(Nc2ccnc(OCCN3CCOCC3)n2)ccc1OCc1ccccn1. The minimum Gasteiger partial charge on any atom is -0.486 e. The summed E-state index contributed by atoms with van der Waals surface area (Å²) in [6.45, 7) is 5.08. The topological polar surface area (TPSA) is 81.6 Å². The second-order valence-electron chi connectivity index (χ2n) is 6.91. The molecule has 31 heavy (non-hydrogen) atoms. The molecule has 1 N–H and O–H groups in total. The molecule has 1 aliphatic rings. The summed E-state index contributed by atoms with van der Waals surface area (Å²) in [5, 5.41) is 3.71. The lowest BCUT2D eigenvalue weighted by Crippen LogP contribution is -2.38. The first-order chi connectivity index (χ1) is 15.3. The number of ether oxygens (including phenoxy) is 3. The van der Waals surface area contributed by atoms with E-state index in [-0.39, 0.29) is 0 Å². The Morgan fingerprint density at radius 1 is 1.03 bits per heavy atom. The van der Waals surface area contributed by atoms with Crippen LogP contribution in [0.4, 0.5) is 11.5 Å². The van der Waals surface area contributed by atoms with Gasteiger partial charge in [-0.25, -0.2) is 4.98 Å². The van der Waals surface area contributed by atoms with Crippen LogP contribution < -0.4 is 14.8 Å². The summed E-state index contributed by atoms with van der Waals surface area (Å²) >= 11 is 6.38. The van der Waals surface area contributed by atoms with Crippen molar-refractivity contribution in [3.8, 4) is 11.8 Å². The van der Waals surface area contributed by atoms with E-state index >= 15 is 0 Å². The fourth-order valence-corrected chi connectivity index (χ4v) is 3.28. The Morgan fingerprint density at radius 2 is 1.94 bits per heavy atom. The highest BCUT2D eigenvalue weighted by molar-refractivity contribution is 6.32. The van der Waals surface area contributed by atoms with E-state index in [9.17, 15) is 0 Å². The molecule has 1 aromatic carbocycles. The summed E-state index contributed by atoms with van der Waals surface area (Å²) in [6, 6.07) is 13.3. The lowest BCUT2D eigenvalue weighted by atomic mass is 10.3. The highest BCUT2D eigenvalue weighted by atomic mass is 35.5. The van der Waals surface area contributed by atoms with Crippen LogP contribution in [0.15, 0.2) is 54.9 Å². The monoisotopic (exact) mass is 441 g/mol. The maximum absolute atomic E-state index is 6.38. The average molecular weight is 442 g/mol. The van der Waals surface area contributed by atoms with E-state index in [4.69, 9.17) is 25.8 Å². The third kappa shape index (κ3) is 6.52. The Balaban J connectivity index is 1.30. The van der Waals surface area contributed by atoms with Gasteiger partial charge in [-0.2, -0.15) is 4.98 Å². The van der Waals surface area contributed by atoms with Crippen LogP contribution in [-0.4, -0.2) is 59.3 Å². The first kappa shape index (κ1) is 21.3. The van der Waals surface area contributed by atoms with Gasteiger partial charge in [0.25, 0.3) is 0 Å². The quantitative estimate of drug-likeness (QED) is 0.539. The maximum Gasteiger partial charge on any atom is 0.318 e. The molecule has 1 saturated heterocycles. The summed E-state index contributed by atoms with van der Waals surface area (Å²) in [6.07, 6.45) is 3.39. The molecule has 1 aliphatic heterocycles. The van der Waals surface area contributed by atoms with Crippen LogP contribution in [0.3, 0.4) is 0 Å². The van der Waals surface area contributed by atoms with Crippen LogP contribution in [-0.2, 0) is 11.3 Å². The minimum absolute atomic E-state index is 0.333. The van der Waals surface area contributed by atoms with E-state index in [1.165, 1.54) is 0 Å². The van der Waals surface area contributed by atoms with Crippen LogP contribution in [0, 0.1) is 0 Å². The van der Waals surface area contributed by atoms with Gasteiger partial charge in [0.05, 0.1) is 23.9 Å². The number of halogens is 1. The summed E-state index contributed by atoms with van der Waals surface area (Å²) in [5.41, 5.74) is 1.62. The van der Waals surface area contributed by atoms with Crippen molar-refractivity contribution < 1.29 is 14.2 Å². The second kappa shape index (κ2) is 10.9. The highest BCUT2D eigenvalue weighted by Gasteiger charge is 2.11. The van der Waals surface area contributed by atoms with Gasteiger partial charge < -0.3 is 19.5 Å². The standard InChI is InChI=1S/C22H24ClN5O3/c23-19-15-17(4-5-20(19)31-16-18-3-1-2-7-24-18)26-21-6-8-25-22(27-21)30-14-11-28-9-12-29-13-10-28/h1-8,15H,9-14,16H2,(H,25,26,27). The zero-order valence-electron chi connectivity index (χ0n) is 17.0. The number of anilines is 2. The van der Waals surface area contributed by atoms with Crippen molar-refractivity contribution in [1.82, 2.24) is 19.9 Å². The number of morpholine rings is 1. The molecule has 1 fully saturated rings. The third-order valence-corrected chi connectivity index (χ3v) is 4.98. The predicted octanol–water partition coefficient (Wildman–Crippen LogP) is 3.56. The van der Waals surface area contributed by atoms with Gasteiger partial charge in [-0.15, -0.1) is 0 Å². The van der Waals surface area contributed by atoms with Crippen molar-refractivity contribution in [3.63, 3.8) is 0 Å². The summed E-state index contributed by atoms with van der Waals surface area (Å²) in [7, 11) is 0. The van der Waals surface area contributed by atoms with Gasteiger partial charge in [-0.3, -0.25) is 9.88 Å². The van der Waals surface area contributed by atoms with Gasteiger partial charge >= 0.3 is 6.01 Å². The van der Waals surface area contributed by atoms with Crippen molar-refractivity contribution >= 4 is 23.1 Å². The zero-order chi connectivity index (χ0) is 21.3. The lowest BCUT2D eigenvalue weighted by Gasteiger charge is -2.26. The van der Waals surface area contributed by atoms with Crippen molar-refractivity contribution in [3.05, 3.63) is 65.6 Å². The first-order valence-corrected chi connectivity index (χ1v) is 10.5. The molecule has 0 spiro atoms. The minimum atomic E-state index is 0.333. The molecule has 162 valence electrons. The molecular formula is C22H24ClN5O3. The van der Waals surface area contributed by atoms with Crippen LogP contribution in [0.2, 0.25) is 5.02 Å². The Hall–Kier alpha value is -2.94. The lowest BCUT2D eigenvalue weighted by molar-refractivity contribution is 0.0317. The molecule has 4 rings (SSSR count). The predicted molar refractivity (Wildman–Crippen MR) is 118 cm³/mol. The number of hydrogen-bond acceptors (Lipinski definition) is 8. The number of pyridine rings is 1. The van der Waals surface area contributed by atoms with Gasteiger partial charge in [0.15, 0.2) is 0 Å². The van der Waals surface area contributed by atoms with Gasteiger partial charge in [0.2, 0.25) is 0 Å². The second-order valence-corrected chi connectivity index (χ2v) is 7.31. The number of rotatable bonds is 9. The normalized spacial score (nSPS) is 14.2. The Labute approximate surface area is 186 Å². The molecule has 0 bridgehead atoms. The van der Waals surface area contributed by atoms with Crippen LogP contribution >= 0.6 is 11.6 Å². The Morgan fingerprint density at radius 3 is 2.74 bits per heavy atom. The fourth-order valence-electron chi connectivity index (χ4n) is 3.05. The molecule has 8 nitrogen and oxygen atoms in total. The third-order valence-electron chi connectivity index (χ3n) is 4.68. The van der Waals surface area contributed by atoms with E-state index < -0.39 is 0 Å². The number of hydrogen-bond donors (Lipinski definition) is 1. The van der Waals surface area contributed by atoms with Crippen molar-refractivity contribution in [2.75, 3.05) is 44.8 Å². The fraction of sp³-hybridized carbons (Fsp3) is 0.318. The van der Waals surface area contributed by atoms with Crippen LogP contribution in [0.25, 0.3) is 0 Å². The molecule has 3 aromatic rings. The van der Waals surface area contributed by atoms with E-state index in [2.05, 4.69) is 25.2 Å². The molecule has 0 amide bonds. The summed E-state index contributed by atoms with van der Waals surface area (Å²) < 4.78 is 16.8. The first-order valence-electron chi connectivity index (χ1n) is 10.1. The van der Waals surface area contributed by atoms with Crippen molar-refractivity contribution in [2.24, 2.45) is 0 Å². The number of nitrogens with zero attached hydrogens (tertiary/aromatic N) is 4. The number of nitrogens with one attached hydrogen (secondary N) is 1. The summed E-state index contributed by atoms with van der Waals surface area (Å²) in [4.78, 5) is 15.1. The van der Waals surface area contributed by atoms with E-state index in [0.29, 0.717) is 35.8 Å². The van der Waals surface area contributed by atoms with E-state index in [1.54, 1.807) is 24.5 Å². The van der Waals surface area contributed by atoms with Crippen LogP contribution in [0.1, 0.15) is 5.69 Å². The van der Waals surface area contributed by atoms with Crippen LogP contribution in [0.5, 0.6) is 11.8 Å². The van der Waals surface area contributed by atoms with E-state index in [0.717, 1.165) is 44.2 Å². The molecule has 9 heteroatoms. The Bertz CT molecular complexity index is 970. The van der Waals surface area contributed by atoms with Gasteiger partial charge in [-0.05, 0) is 36.4 Å². The molecule has 0 radical (unpaired) electrons.